The maximum Gasteiger partial charge on any atom is 0.153 e. The molecule has 0 amide bonds. The number of benzene rings is 1. The minimum Gasteiger partial charge on any atom is -0.475 e. The maximum absolute atomic E-state index is 6.13. The van der Waals surface area contributed by atoms with Gasteiger partial charge in [0.15, 0.2) is 6.23 Å². The molecule has 1 aromatic carbocycles. The second-order valence-electron chi connectivity index (χ2n) is 5.17. The zero-order valence-electron chi connectivity index (χ0n) is 11.4. The predicted octanol–water partition coefficient (Wildman–Crippen LogP) is 2.34. The average Bonchev–Trinajstić information content (AvgIpc) is 2.82. The van der Waals surface area contributed by atoms with E-state index in [-0.39, 0.29) is 6.23 Å². The van der Waals surface area contributed by atoms with E-state index in [9.17, 15) is 0 Å². The Bertz CT molecular complexity index is 342. The molecule has 1 aliphatic heterocycles. The van der Waals surface area contributed by atoms with Crippen LogP contribution in [0.1, 0.15) is 19.8 Å². The summed E-state index contributed by atoms with van der Waals surface area (Å²) in [6, 6.07) is 10.1. The molecule has 1 aromatic rings. The van der Waals surface area contributed by atoms with Gasteiger partial charge in [-0.25, -0.2) is 0 Å². The highest BCUT2D eigenvalue weighted by atomic mass is 16.5. The van der Waals surface area contributed by atoms with Gasteiger partial charge in [0.05, 0.1) is 0 Å². The van der Waals surface area contributed by atoms with Crippen molar-refractivity contribution in [1.29, 1.82) is 0 Å². The standard InChI is InChI=1S/C15H24N2O/c1-13-9-11-17(12-13)15(8-10-16-2)18-14-6-4-3-5-7-14/h3-7,13,15-16H,8-12H2,1-2H3. The molecule has 100 valence electrons. The van der Waals surface area contributed by atoms with Gasteiger partial charge in [0.25, 0.3) is 0 Å². The smallest absolute Gasteiger partial charge is 0.153 e. The fraction of sp³-hybridized carbons (Fsp3) is 0.600. The highest BCUT2D eigenvalue weighted by Gasteiger charge is 2.26. The van der Waals surface area contributed by atoms with Crippen LogP contribution in [0.25, 0.3) is 0 Å². The second-order valence-corrected chi connectivity index (χ2v) is 5.17. The third-order valence-electron chi connectivity index (χ3n) is 3.52. The van der Waals surface area contributed by atoms with Gasteiger partial charge in [0.1, 0.15) is 5.75 Å². The van der Waals surface area contributed by atoms with E-state index in [1.807, 2.05) is 37.4 Å². The highest BCUT2D eigenvalue weighted by molar-refractivity contribution is 5.21. The van der Waals surface area contributed by atoms with Crippen LogP contribution in [0.5, 0.6) is 5.75 Å². The molecule has 18 heavy (non-hydrogen) atoms. The van der Waals surface area contributed by atoms with Crippen LogP contribution in [0.4, 0.5) is 0 Å². The fourth-order valence-electron chi connectivity index (χ4n) is 2.47. The molecule has 0 bridgehead atoms. The first kappa shape index (κ1) is 13.4. The van der Waals surface area contributed by atoms with Crippen molar-refractivity contribution >= 4 is 0 Å². The van der Waals surface area contributed by atoms with Crippen molar-refractivity contribution in [2.24, 2.45) is 5.92 Å². The van der Waals surface area contributed by atoms with Crippen molar-refractivity contribution in [3.05, 3.63) is 30.3 Å². The fourth-order valence-corrected chi connectivity index (χ4v) is 2.47. The third-order valence-corrected chi connectivity index (χ3v) is 3.52. The van der Waals surface area contributed by atoms with E-state index in [4.69, 9.17) is 4.74 Å². The zero-order chi connectivity index (χ0) is 12.8. The van der Waals surface area contributed by atoms with E-state index in [2.05, 4.69) is 17.1 Å². The van der Waals surface area contributed by atoms with Crippen LogP contribution in [0, 0.1) is 5.92 Å². The predicted molar refractivity (Wildman–Crippen MR) is 74.8 cm³/mol. The number of para-hydroxylation sites is 1. The second kappa shape index (κ2) is 6.76. The lowest BCUT2D eigenvalue weighted by atomic mass is 10.2. The van der Waals surface area contributed by atoms with Crippen LogP contribution in [-0.4, -0.2) is 37.8 Å². The quantitative estimate of drug-likeness (QED) is 0.836. The van der Waals surface area contributed by atoms with Gasteiger partial charge >= 0.3 is 0 Å². The summed E-state index contributed by atoms with van der Waals surface area (Å²) in [6.45, 7) is 5.61. The minimum atomic E-state index is 0.199. The largest absolute Gasteiger partial charge is 0.475 e. The lowest BCUT2D eigenvalue weighted by Gasteiger charge is -2.28. The number of likely N-dealkylation sites (tertiary alicyclic amines) is 1. The molecule has 1 aliphatic rings. The van der Waals surface area contributed by atoms with Gasteiger partial charge in [0.2, 0.25) is 0 Å². The number of hydrogen-bond donors (Lipinski definition) is 1. The molecule has 0 aliphatic carbocycles. The van der Waals surface area contributed by atoms with Gasteiger partial charge in [-0.05, 0) is 38.1 Å². The molecule has 2 unspecified atom stereocenters. The van der Waals surface area contributed by atoms with Crippen molar-refractivity contribution in [2.45, 2.75) is 26.0 Å². The summed E-state index contributed by atoms with van der Waals surface area (Å²) in [6.07, 6.45) is 2.51. The first-order chi connectivity index (χ1) is 8.79. The van der Waals surface area contributed by atoms with Crippen LogP contribution in [0.3, 0.4) is 0 Å². The molecule has 3 nitrogen and oxygen atoms in total. The van der Waals surface area contributed by atoms with Crippen LogP contribution in [0.2, 0.25) is 0 Å². The van der Waals surface area contributed by atoms with Crippen LogP contribution >= 0.6 is 0 Å². The lowest BCUT2D eigenvalue weighted by molar-refractivity contribution is 0.0345. The van der Waals surface area contributed by atoms with Gasteiger partial charge in [-0.1, -0.05) is 25.1 Å². The van der Waals surface area contributed by atoms with Crippen LogP contribution in [-0.2, 0) is 0 Å². The van der Waals surface area contributed by atoms with E-state index < -0.39 is 0 Å². The van der Waals surface area contributed by atoms with E-state index in [1.165, 1.54) is 6.42 Å². The van der Waals surface area contributed by atoms with Crippen LogP contribution < -0.4 is 10.1 Å². The van der Waals surface area contributed by atoms with Gasteiger partial charge in [-0.2, -0.15) is 0 Å². The summed E-state index contributed by atoms with van der Waals surface area (Å²) < 4.78 is 6.13. The van der Waals surface area contributed by atoms with Gasteiger partial charge in [-0.15, -0.1) is 0 Å². The molecule has 1 saturated heterocycles. The number of nitrogens with zero attached hydrogens (tertiary/aromatic N) is 1. The van der Waals surface area contributed by atoms with Crippen molar-refractivity contribution in [3.8, 4) is 5.75 Å². The summed E-state index contributed by atoms with van der Waals surface area (Å²) in [5, 5.41) is 3.21. The summed E-state index contributed by atoms with van der Waals surface area (Å²) in [5.74, 6) is 1.76. The minimum absolute atomic E-state index is 0.199. The molecule has 0 spiro atoms. The van der Waals surface area contributed by atoms with E-state index in [0.29, 0.717) is 0 Å². The molecule has 0 radical (unpaired) electrons. The molecule has 3 heteroatoms. The SMILES string of the molecule is CNCCC(Oc1ccccc1)N1CCC(C)C1. The Morgan fingerprint density at radius 2 is 2.17 bits per heavy atom. The number of ether oxygens (including phenoxy) is 1. The number of rotatable bonds is 6. The summed E-state index contributed by atoms with van der Waals surface area (Å²) in [5.41, 5.74) is 0. The lowest BCUT2D eigenvalue weighted by Crippen LogP contribution is -2.39. The van der Waals surface area contributed by atoms with E-state index in [1.54, 1.807) is 0 Å². The Balaban J connectivity index is 1.96. The normalized spacial score (nSPS) is 22.0. The van der Waals surface area contributed by atoms with Crippen molar-refractivity contribution in [2.75, 3.05) is 26.7 Å². The Kier molecular flexibility index (Phi) is 5.02. The van der Waals surface area contributed by atoms with Crippen molar-refractivity contribution in [1.82, 2.24) is 10.2 Å². The van der Waals surface area contributed by atoms with Gasteiger partial charge in [-0.3, -0.25) is 4.90 Å². The molecule has 2 rings (SSSR count). The van der Waals surface area contributed by atoms with E-state index >= 15 is 0 Å². The third kappa shape index (κ3) is 3.72. The van der Waals surface area contributed by atoms with Crippen molar-refractivity contribution in [3.63, 3.8) is 0 Å². The monoisotopic (exact) mass is 248 g/mol. The Morgan fingerprint density at radius 1 is 1.39 bits per heavy atom. The molecular formula is C15H24N2O. The summed E-state index contributed by atoms with van der Waals surface area (Å²) >= 11 is 0. The molecule has 1 fully saturated rings. The molecule has 2 atom stereocenters. The van der Waals surface area contributed by atoms with E-state index in [0.717, 1.165) is 37.7 Å². The zero-order valence-corrected chi connectivity index (χ0v) is 11.4. The molecular weight excluding hydrogens is 224 g/mol. The molecule has 1 heterocycles. The first-order valence-electron chi connectivity index (χ1n) is 6.90. The molecule has 1 N–H and O–H groups in total. The number of nitrogens with one attached hydrogen (secondary N) is 1. The Morgan fingerprint density at radius 3 is 2.78 bits per heavy atom. The summed E-state index contributed by atoms with van der Waals surface area (Å²) in [7, 11) is 1.99. The van der Waals surface area contributed by atoms with Gasteiger partial charge < -0.3 is 10.1 Å². The van der Waals surface area contributed by atoms with Gasteiger partial charge in [0, 0.05) is 19.5 Å². The van der Waals surface area contributed by atoms with Crippen LogP contribution in [0.15, 0.2) is 30.3 Å². The first-order valence-corrected chi connectivity index (χ1v) is 6.90. The van der Waals surface area contributed by atoms with Crippen molar-refractivity contribution < 1.29 is 4.74 Å². The summed E-state index contributed by atoms with van der Waals surface area (Å²) in [4.78, 5) is 2.47. The Labute approximate surface area is 110 Å². The number of hydrogen-bond acceptors (Lipinski definition) is 3. The highest BCUT2D eigenvalue weighted by Crippen LogP contribution is 2.22. The topological polar surface area (TPSA) is 24.5 Å². The average molecular weight is 248 g/mol. The Hall–Kier alpha value is -1.06. The molecule has 0 saturated carbocycles. The maximum atomic E-state index is 6.13. The molecule has 0 aromatic heterocycles.